The monoisotopic (exact) mass is 143 g/mol. The summed E-state index contributed by atoms with van der Waals surface area (Å²) >= 11 is 0. The van der Waals surface area contributed by atoms with E-state index in [2.05, 4.69) is 0 Å². The zero-order chi connectivity index (χ0) is 7.56. The standard InChI is InChI=1S/C7H12O3/c8-6-4-2-1-3-5(6)7(9)10/h5-6,8H,1-4H2,(H,9,10)/p-1. The lowest BCUT2D eigenvalue weighted by Gasteiger charge is -2.27. The minimum absolute atomic E-state index is 0.573. The lowest BCUT2D eigenvalue weighted by molar-refractivity contribution is -0.315. The maximum Gasteiger partial charge on any atom is 0.0620 e. The first kappa shape index (κ1) is 7.54. The fraction of sp³-hybridized carbons (Fsp3) is 0.857. The molecule has 1 N–H and O–H groups in total. The maximum atomic E-state index is 10.3. The maximum absolute atomic E-state index is 10.3. The molecular weight excluding hydrogens is 132 g/mol. The van der Waals surface area contributed by atoms with Crippen molar-refractivity contribution in [2.75, 3.05) is 0 Å². The molecule has 0 spiro atoms. The van der Waals surface area contributed by atoms with Crippen molar-refractivity contribution in [1.29, 1.82) is 0 Å². The fourth-order valence-corrected chi connectivity index (χ4v) is 1.39. The van der Waals surface area contributed by atoms with Crippen LogP contribution in [0, 0.1) is 5.92 Å². The molecule has 1 fully saturated rings. The molecule has 0 aromatic heterocycles. The highest BCUT2D eigenvalue weighted by molar-refractivity contribution is 5.68. The summed E-state index contributed by atoms with van der Waals surface area (Å²) in [7, 11) is 0. The summed E-state index contributed by atoms with van der Waals surface area (Å²) in [6.07, 6.45) is 2.35. The Morgan fingerprint density at radius 2 is 2.00 bits per heavy atom. The Labute approximate surface area is 59.7 Å². The number of carbonyl (C=O) groups is 1. The molecule has 2 unspecified atom stereocenters. The van der Waals surface area contributed by atoms with Gasteiger partial charge in [-0.25, -0.2) is 0 Å². The Hall–Kier alpha value is -0.570. The lowest BCUT2D eigenvalue weighted by atomic mass is 9.87. The Morgan fingerprint density at radius 3 is 2.40 bits per heavy atom. The predicted octanol–water partition coefficient (Wildman–Crippen LogP) is -0.713. The van der Waals surface area contributed by atoms with Gasteiger partial charge in [-0.15, -0.1) is 0 Å². The van der Waals surface area contributed by atoms with E-state index in [1.165, 1.54) is 0 Å². The summed E-state index contributed by atoms with van der Waals surface area (Å²) < 4.78 is 0. The SMILES string of the molecule is O=C([O-])C1CCCCC1O. The van der Waals surface area contributed by atoms with Gasteiger partial charge in [-0.05, 0) is 12.8 Å². The molecule has 3 heteroatoms. The van der Waals surface area contributed by atoms with Crippen molar-refractivity contribution in [1.82, 2.24) is 0 Å². The van der Waals surface area contributed by atoms with Crippen LogP contribution in [0.5, 0.6) is 0 Å². The van der Waals surface area contributed by atoms with Gasteiger partial charge in [0.25, 0.3) is 0 Å². The average molecular weight is 143 g/mol. The molecule has 0 saturated heterocycles. The van der Waals surface area contributed by atoms with Crippen LogP contribution in [0.1, 0.15) is 25.7 Å². The molecule has 10 heavy (non-hydrogen) atoms. The number of carbonyl (C=O) groups excluding carboxylic acids is 1. The van der Waals surface area contributed by atoms with E-state index >= 15 is 0 Å². The third-order valence-corrected chi connectivity index (χ3v) is 2.03. The molecule has 1 rings (SSSR count). The van der Waals surface area contributed by atoms with Gasteiger partial charge in [0, 0.05) is 11.9 Å². The van der Waals surface area contributed by atoms with Crippen molar-refractivity contribution in [2.45, 2.75) is 31.8 Å². The summed E-state index contributed by atoms with van der Waals surface area (Å²) in [5, 5.41) is 19.4. The predicted molar refractivity (Wildman–Crippen MR) is 33.0 cm³/mol. The second kappa shape index (κ2) is 3.01. The number of carboxylic acids is 1. The molecule has 0 bridgehead atoms. The Bertz CT molecular complexity index is 133. The van der Waals surface area contributed by atoms with E-state index < -0.39 is 18.0 Å². The molecule has 0 amide bonds. The van der Waals surface area contributed by atoms with Gasteiger partial charge < -0.3 is 15.0 Å². The van der Waals surface area contributed by atoms with Crippen LogP contribution >= 0.6 is 0 Å². The summed E-state index contributed by atoms with van der Waals surface area (Å²) in [6, 6.07) is 0. The number of hydrogen-bond donors (Lipinski definition) is 1. The van der Waals surface area contributed by atoms with E-state index in [1.807, 2.05) is 0 Å². The summed E-state index contributed by atoms with van der Waals surface area (Å²) in [6.45, 7) is 0. The van der Waals surface area contributed by atoms with Crippen LogP contribution < -0.4 is 5.11 Å². The first-order valence-corrected chi connectivity index (χ1v) is 3.60. The Morgan fingerprint density at radius 1 is 1.40 bits per heavy atom. The molecule has 0 aliphatic heterocycles. The number of aliphatic hydroxyl groups excluding tert-OH is 1. The van der Waals surface area contributed by atoms with Gasteiger partial charge in [0.15, 0.2) is 0 Å². The van der Waals surface area contributed by atoms with Crippen LogP contribution in [0.3, 0.4) is 0 Å². The van der Waals surface area contributed by atoms with Crippen LogP contribution in [0.2, 0.25) is 0 Å². The normalized spacial score (nSPS) is 33.7. The zero-order valence-electron chi connectivity index (χ0n) is 5.75. The molecular formula is C7H11O3-. The van der Waals surface area contributed by atoms with Crippen molar-refractivity contribution in [2.24, 2.45) is 5.92 Å². The van der Waals surface area contributed by atoms with E-state index in [4.69, 9.17) is 5.11 Å². The van der Waals surface area contributed by atoms with Crippen molar-refractivity contribution in [3.05, 3.63) is 0 Å². The second-order valence-electron chi connectivity index (χ2n) is 2.78. The Kier molecular flexibility index (Phi) is 2.27. The lowest BCUT2D eigenvalue weighted by Crippen LogP contribution is -2.40. The topological polar surface area (TPSA) is 60.4 Å². The molecule has 58 valence electrons. The smallest absolute Gasteiger partial charge is 0.0620 e. The molecule has 3 nitrogen and oxygen atoms in total. The quantitative estimate of drug-likeness (QED) is 0.527. The third kappa shape index (κ3) is 1.48. The minimum Gasteiger partial charge on any atom is -0.550 e. The number of aliphatic carboxylic acids is 1. The van der Waals surface area contributed by atoms with E-state index in [1.54, 1.807) is 0 Å². The molecule has 2 atom stereocenters. The summed E-state index contributed by atoms with van der Waals surface area (Å²) in [5.74, 6) is -1.72. The summed E-state index contributed by atoms with van der Waals surface area (Å²) in [5.41, 5.74) is 0. The first-order chi connectivity index (χ1) is 4.72. The fourth-order valence-electron chi connectivity index (χ4n) is 1.39. The molecule has 0 aromatic carbocycles. The van der Waals surface area contributed by atoms with Crippen LogP contribution in [0.15, 0.2) is 0 Å². The van der Waals surface area contributed by atoms with Crippen molar-refractivity contribution in [3.8, 4) is 0 Å². The average Bonchev–Trinajstić information content (AvgIpc) is 1.88. The van der Waals surface area contributed by atoms with E-state index in [0.29, 0.717) is 12.8 Å². The first-order valence-electron chi connectivity index (χ1n) is 3.60. The highest BCUT2D eigenvalue weighted by Crippen LogP contribution is 2.23. The molecule has 1 saturated carbocycles. The van der Waals surface area contributed by atoms with Gasteiger partial charge in [-0.2, -0.15) is 0 Å². The second-order valence-corrected chi connectivity index (χ2v) is 2.78. The van der Waals surface area contributed by atoms with Gasteiger partial charge in [0.1, 0.15) is 0 Å². The van der Waals surface area contributed by atoms with E-state index in [0.717, 1.165) is 12.8 Å². The van der Waals surface area contributed by atoms with Crippen LogP contribution in [-0.2, 0) is 4.79 Å². The summed E-state index contributed by atoms with van der Waals surface area (Å²) in [4.78, 5) is 10.3. The number of carboxylic acid groups (broad SMARTS) is 1. The largest absolute Gasteiger partial charge is 0.550 e. The Balaban J connectivity index is 2.47. The van der Waals surface area contributed by atoms with Crippen LogP contribution in [-0.4, -0.2) is 17.2 Å². The third-order valence-electron chi connectivity index (χ3n) is 2.03. The van der Waals surface area contributed by atoms with Gasteiger partial charge in [0.05, 0.1) is 6.10 Å². The molecule has 0 heterocycles. The molecule has 0 radical (unpaired) electrons. The highest BCUT2D eigenvalue weighted by atomic mass is 16.4. The highest BCUT2D eigenvalue weighted by Gasteiger charge is 2.23. The van der Waals surface area contributed by atoms with Gasteiger partial charge in [0.2, 0.25) is 0 Å². The molecule has 1 aliphatic rings. The van der Waals surface area contributed by atoms with Crippen LogP contribution in [0.25, 0.3) is 0 Å². The van der Waals surface area contributed by atoms with Crippen LogP contribution in [0.4, 0.5) is 0 Å². The van der Waals surface area contributed by atoms with E-state index in [9.17, 15) is 9.90 Å². The van der Waals surface area contributed by atoms with Crippen molar-refractivity contribution < 1.29 is 15.0 Å². The van der Waals surface area contributed by atoms with Gasteiger partial charge in [-0.1, -0.05) is 12.8 Å². The number of hydrogen-bond acceptors (Lipinski definition) is 3. The molecule has 1 aliphatic carbocycles. The van der Waals surface area contributed by atoms with Gasteiger partial charge in [-0.3, -0.25) is 0 Å². The molecule has 0 aromatic rings. The van der Waals surface area contributed by atoms with Crippen molar-refractivity contribution in [3.63, 3.8) is 0 Å². The van der Waals surface area contributed by atoms with Gasteiger partial charge >= 0.3 is 0 Å². The number of rotatable bonds is 1. The zero-order valence-corrected chi connectivity index (χ0v) is 5.75. The van der Waals surface area contributed by atoms with Crippen molar-refractivity contribution >= 4 is 5.97 Å². The van der Waals surface area contributed by atoms with E-state index in [-0.39, 0.29) is 0 Å². The number of aliphatic hydroxyl groups is 1. The minimum atomic E-state index is -1.10.